The monoisotopic (exact) mass is 284 g/mol. The topological polar surface area (TPSA) is 31.0 Å². The molecule has 0 aromatic carbocycles. The molecule has 0 saturated carbocycles. The molecule has 2 aliphatic heterocycles. The smallest absolute Gasteiger partial charge is 0.0620 e. The van der Waals surface area contributed by atoms with E-state index in [9.17, 15) is 0 Å². The highest BCUT2D eigenvalue weighted by atomic mass is 16.5. The Labute approximate surface area is 124 Å². The summed E-state index contributed by atoms with van der Waals surface area (Å²) in [6, 6.07) is 1.20. The lowest BCUT2D eigenvalue weighted by Gasteiger charge is -2.39. The largest absolute Gasteiger partial charge is 0.379 e. The third-order valence-corrected chi connectivity index (χ3v) is 4.52. The van der Waals surface area contributed by atoms with E-state index in [0.717, 1.165) is 19.8 Å². The quantitative estimate of drug-likeness (QED) is 0.738. The molecule has 20 heavy (non-hydrogen) atoms. The van der Waals surface area contributed by atoms with E-state index >= 15 is 0 Å². The van der Waals surface area contributed by atoms with Crippen molar-refractivity contribution < 1.29 is 4.74 Å². The summed E-state index contributed by atoms with van der Waals surface area (Å²) in [5.41, 5.74) is 0. The molecule has 0 radical (unpaired) electrons. The van der Waals surface area contributed by atoms with Crippen LogP contribution in [0.25, 0.3) is 0 Å². The van der Waals surface area contributed by atoms with Crippen LogP contribution in [0, 0.1) is 0 Å². The van der Waals surface area contributed by atoms with Crippen LogP contribution in [-0.2, 0) is 4.74 Å². The molecule has 0 aromatic rings. The van der Waals surface area contributed by atoms with Gasteiger partial charge in [-0.15, -0.1) is 0 Å². The Hall–Kier alpha value is -0.200. The van der Waals surface area contributed by atoms with Gasteiger partial charge in [-0.1, -0.05) is 0 Å². The third-order valence-electron chi connectivity index (χ3n) is 4.52. The van der Waals surface area contributed by atoms with Crippen molar-refractivity contribution >= 4 is 0 Å². The first-order valence-corrected chi connectivity index (χ1v) is 8.07. The first-order valence-electron chi connectivity index (χ1n) is 8.07. The maximum absolute atomic E-state index is 5.55. The molecule has 118 valence electrons. The number of likely N-dealkylation sites (N-methyl/N-ethyl adjacent to an activating group) is 1. The van der Waals surface area contributed by atoms with Crippen LogP contribution >= 0.6 is 0 Å². The molecule has 2 rings (SSSR count). The number of nitrogens with one attached hydrogen (secondary N) is 1. The summed E-state index contributed by atoms with van der Waals surface area (Å²) in [6.45, 7) is 12.3. The molecule has 2 aliphatic rings. The van der Waals surface area contributed by atoms with Gasteiger partial charge >= 0.3 is 0 Å². The molecule has 2 saturated heterocycles. The standard InChI is InChI=1S/C15H32N4O/c1-14(12-15-13-20-11-4-16-15)19-9-7-18(8-10-19)6-5-17(2)3/h14-16H,4-13H2,1-3H3. The van der Waals surface area contributed by atoms with Gasteiger partial charge in [0, 0.05) is 57.9 Å². The van der Waals surface area contributed by atoms with Crippen molar-refractivity contribution in [3.63, 3.8) is 0 Å². The Kier molecular flexibility index (Phi) is 6.71. The van der Waals surface area contributed by atoms with Crippen LogP contribution in [-0.4, -0.2) is 99.9 Å². The molecule has 2 fully saturated rings. The second-order valence-corrected chi connectivity index (χ2v) is 6.49. The Morgan fingerprint density at radius 1 is 1.25 bits per heavy atom. The Morgan fingerprint density at radius 2 is 2.00 bits per heavy atom. The van der Waals surface area contributed by atoms with Gasteiger partial charge in [0.05, 0.1) is 13.2 Å². The van der Waals surface area contributed by atoms with Gasteiger partial charge in [-0.3, -0.25) is 9.80 Å². The molecule has 5 nitrogen and oxygen atoms in total. The second kappa shape index (κ2) is 8.29. The van der Waals surface area contributed by atoms with Crippen LogP contribution < -0.4 is 5.32 Å². The van der Waals surface area contributed by atoms with Crippen molar-refractivity contribution in [2.75, 3.05) is 73.1 Å². The lowest BCUT2D eigenvalue weighted by molar-refractivity contribution is 0.0501. The van der Waals surface area contributed by atoms with Crippen LogP contribution in [0.5, 0.6) is 0 Å². The van der Waals surface area contributed by atoms with Crippen LogP contribution in [0.15, 0.2) is 0 Å². The summed E-state index contributed by atoms with van der Waals surface area (Å²) in [5.74, 6) is 0. The number of nitrogens with zero attached hydrogens (tertiary/aromatic N) is 3. The predicted molar refractivity (Wildman–Crippen MR) is 83.3 cm³/mol. The molecule has 0 aliphatic carbocycles. The highest BCUT2D eigenvalue weighted by Gasteiger charge is 2.24. The molecule has 0 bridgehead atoms. The minimum atomic E-state index is 0.547. The van der Waals surface area contributed by atoms with Gasteiger partial charge in [0.25, 0.3) is 0 Å². The number of hydrogen-bond acceptors (Lipinski definition) is 5. The van der Waals surface area contributed by atoms with E-state index in [2.05, 4.69) is 41.0 Å². The summed E-state index contributed by atoms with van der Waals surface area (Å²) >= 11 is 0. The Balaban J connectivity index is 1.64. The molecule has 1 N–H and O–H groups in total. The van der Waals surface area contributed by atoms with E-state index in [1.54, 1.807) is 0 Å². The number of piperazine rings is 1. The van der Waals surface area contributed by atoms with Gasteiger partial charge in [0.1, 0.15) is 0 Å². The number of hydrogen-bond donors (Lipinski definition) is 1. The molecule has 0 amide bonds. The fourth-order valence-corrected chi connectivity index (χ4v) is 3.10. The van der Waals surface area contributed by atoms with E-state index in [-0.39, 0.29) is 0 Å². The predicted octanol–water partition coefficient (Wildman–Crippen LogP) is -0.0674. The zero-order valence-electron chi connectivity index (χ0n) is 13.5. The average molecular weight is 284 g/mol. The van der Waals surface area contributed by atoms with Crippen LogP contribution in [0.3, 0.4) is 0 Å². The number of ether oxygens (including phenoxy) is 1. The van der Waals surface area contributed by atoms with Crippen LogP contribution in [0.1, 0.15) is 13.3 Å². The molecular weight excluding hydrogens is 252 g/mol. The molecule has 2 atom stereocenters. The lowest BCUT2D eigenvalue weighted by atomic mass is 10.1. The van der Waals surface area contributed by atoms with Crippen molar-refractivity contribution in [3.05, 3.63) is 0 Å². The summed E-state index contributed by atoms with van der Waals surface area (Å²) in [4.78, 5) is 7.50. The summed E-state index contributed by atoms with van der Waals surface area (Å²) in [6.07, 6.45) is 1.21. The fraction of sp³-hybridized carbons (Fsp3) is 1.00. The van der Waals surface area contributed by atoms with Gasteiger partial charge in [-0.05, 0) is 27.4 Å². The Bertz CT molecular complexity index is 261. The van der Waals surface area contributed by atoms with Gasteiger partial charge in [0.2, 0.25) is 0 Å². The van der Waals surface area contributed by atoms with Crippen molar-refractivity contribution in [1.82, 2.24) is 20.0 Å². The van der Waals surface area contributed by atoms with E-state index in [4.69, 9.17) is 4.74 Å². The van der Waals surface area contributed by atoms with Gasteiger partial charge in [-0.25, -0.2) is 0 Å². The van der Waals surface area contributed by atoms with Crippen molar-refractivity contribution in [3.8, 4) is 0 Å². The molecule has 5 heteroatoms. The normalized spacial score (nSPS) is 27.9. The molecule has 2 unspecified atom stereocenters. The van der Waals surface area contributed by atoms with Crippen LogP contribution in [0.2, 0.25) is 0 Å². The minimum absolute atomic E-state index is 0.547. The second-order valence-electron chi connectivity index (χ2n) is 6.49. The highest BCUT2D eigenvalue weighted by Crippen LogP contribution is 2.12. The van der Waals surface area contributed by atoms with Crippen molar-refractivity contribution in [2.45, 2.75) is 25.4 Å². The lowest BCUT2D eigenvalue weighted by Crippen LogP contribution is -2.52. The van der Waals surface area contributed by atoms with E-state index in [1.165, 1.54) is 45.7 Å². The van der Waals surface area contributed by atoms with Crippen LogP contribution in [0.4, 0.5) is 0 Å². The van der Waals surface area contributed by atoms with Gasteiger partial charge in [-0.2, -0.15) is 0 Å². The maximum Gasteiger partial charge on any atom is 0.0620 e. The molecule has 2 heterocycles. The first kappa shape index (κ1) is 16.2. The van der Waals surface area contributed by atoms with Gasteiger partial charge < -0.3 is 15.0 Å². The summed E-state index contributed by atoms with van der Waals surface area (Å²) in [7, 11) is 4.30. The Morgan fingerprint density at radius 3 is 2.60 bits per heavy atom. The first-order chi connectivity index (χ1) is 9.65. The SMILES string of the molecule is CC(CC1COCCN1)N1CCN(CCN(C)C)CC1. The zero-order chi connectivity index (χ0) is 14.4. The summed E-state index contributed by atoms with van der Waals surface area (Å²) < 4.78 is 5.55. The molecular formula is C15H32N4O. The molecule has 0 spiro atoms. The number of rotatable bonds is 6. The average Bonchev–Trinajstić information content (AvgIpc) is 2.46. The minimum Gasteiger partial charge on any atom is -0.379 e. The van der Waals surface area contributed by atoms with E-state index in [0.29, 0.717) is 12.1 Å². The molecule has 0 aromatic heterocycles. The van der Waals surface area contributed by atoms with E-state index < -0.39 is 0 Å². The fourth-order valence-electron chi connectivity index (χ4n) is 3.10. The zero-order valence-corrected chi connectivity index (χ0v) is 13.5. The van der Waals surface area contributed by atoms with Crippen molar-refractivity contribution in [1.29, 1.82) is 0 Å². The highest BCUT2D eigenvalue weighted by molar-refractivity contribution is 4.81. The van der Waals surface area contributed by atoms with E-state index in [1.807, 2.05) is 0 Å². The maximum atomic E-state index is 5.55. The van der Waals surface area contributed by atoms with Crippen molar-refractivity contribution in [2.24, 2.45) is 0 Å². The summed E-state index contributed by atoms with van der Waals surface area (Å²) in [5, 5.41) is 3.56. The number of morpholine rings is 1. The third kappa shape index (κ3) is 5.30. The van der Waals surface area contributed by atoms with Gasteiger partial charge in [0.15, 0.2) is 0 Å².